The predicted molar refractivity (Wildman–Crippen MR) is 61.7 cm³/mol. The van der Waals surface area contributed by atoms with Crippen molar-refractivity contribution in [2.75, 3.05) is 7.11 Å². The van der Waals surface area contributed by atoms with Crippen LogP contribution < -0.4 is 5.32 Å². The first kappa shape index (κ1) is 12.1. The molecule has 0 radical (unpaired) electrons. The number of nitrogens with one attached hydrogen (secondary N) is 1. The van der Waals surface area contributed by atoms with E-state index in [1.165, 1.54) is 0 Å². The third-order valence-electron chi connectivity index (χ3n) is 2.72. The van der Waals surface area contributed by atoms with Crippen LogP contribution in [0.15, 0.2) is 24.4 Å². The van der Waals surface area contributed by atoms with E-state index < -0.39 is 0 Å². The van der Waals surface area contributed by atoms with E-state index in [2.05, 4.69) is 31.1 Å². The van der Waals surface area contributed by atoms with Crippen LogP contribution >= 0.6 is 0 Å². The number of ether oxygens (including phenoxy) is 1. The molecule has 84 valence electrons. The minimum Gasteiger partial charge on any atom is -0.380 e. The van der Waals surface area contributed by atoms with Gasteiger partial charge in [0.15, 0.2) is 0 Å². The topological polar surface area (TPSA) is 34.1 Å². The average Bonchev–Trinajstić information content (AvgIpc) is 2.29. The number of nitrogens with zero attached hydrogens (tertiary/aromatic N) is 1. The largest absolute Gasteiger partial charge is 0.380 e. The van der Waals surface area contributed by atoms with Gasteiger partial charge in [0.25, 0.3) is 0 Å². The summed E-state index contributed by atoms with van der Waals surface area (Å²) < 4.78 is 5.27. The molecule has 2 unspecified atom stereocenters. The fraction of sp³-hybridized carbons (Fsp3) is 0.583. The van der Waals surface area contributed by atoms with Gasteiger partial charge in [-0.3, -0.25) is 4.98 Å². The second-order valence-electron chi connectivity index (χ2n) is 3.87. The molecular formula is C12H20N2O. The van der Waals surface area contributed by atoms with Crippen LogP contribution in [0.3, 0.4) is 0 Å². The molecular weight excluding hydrogens is 188 g/mol. The van der Waals surface area contributed by atoms with E-state index in [4.69, 9.17) is 4.74 Å². The van der Waals surface area contributed by atoms with E-state index in [0.717, 1.165) is 5.69 Å². The summed E-state index contributed by atoms with van der Waals surface area (Å²) in [5.41, 5.74) is 1.06. The highest BCUT2D eigenvalue weighted by molar-refractivity contribution is 5.07. The highest BCUT2D eigenvalue weighted by Crippen LogP contribution is 2.10. The maximum atomic E-state index is 5.27. The number of hydrogen-bond donors (Lipinski definition) is 1. The molecule has 1 aromatic heterocycles. The van der Waals surface area contributed by atoms with E-state index in [1.807, 2.05) is 24.4 Å². The Bertz CT molecular complexity index is 276. The van der Waals surface area contributed by atoms with Crippen molar-refractivity contribution in [1.29, 1.82) is 0 Å². The Hall–Kier alpha value is -0.930. The zero-order valence-electron chi connectivity index (χ0n) is 9.90. The monoisotopic (exact) mass is 208 g/mol. The molecule has 0 aliphatic carbocycles. The summed E-state index contributed by atoms with van der Waals surface area (Å²) in [5.74, 6) is 0. The summed E-state index contributed by atoms with van der Waals surface area (Å²) in [6.07, 6.45) is 2.02. The zero-order valence-corrected chi connectivity index (χ0v) is 9.90. The Morgan fingerprint density at radius 1 is 1.27 bits per heavy atom. The third-order valence-corrected chi connectivity index (χ3v) is 2.72. The van der Waals surface area contributed by atoms with Crippen molar-refractivity contribution in [2.45, 2.75) is 39.0 Å². The lowest BCUT2D eigenvalue weighted by Crippen LogP contribution is -2.38. The molecule has 1 rings (SSSR count). The molecule has 0 amide bonds. The molecule has 0 bridgehead atoms. The molecule has 1 N–H and O–H groups in total. The van der Waals surface area contributed by atoms with Gasteiger partial charge in [-0.25, -0.2) is 0 Å². The van der Waals surface area contributed by atoms with Gasteiger partial charge < -0.3 is 10.1 Å². The summed E-state index contributed by atoms with van der Waals surface area (Å²) in [6.45, 7) is 6.29. The maximum absolute atomic E-state index is 5.27. The van der Waals surface area contributed by atoms with Gasteiger partial charge in [0.1, 0.15) is 0 Å². The van der Waals surface area contributed by atoms with Crippen molar-refractivity contribution < 1.29 is 4.74 Å². The first-order valence-electron chi connectivity index (χ1n) is 5.35. The van der Waals surface area contributed by atoms with Crippen LogP contribution in [0.4, 0.5) is 0 Å². The van der Waals surface area contributed by atoms with Crippen LogP contribution in [-0.2, 0) is 4.74 Å². The second kappa shape index (κ2) is 5.83. The fourth-order valence-corrected chi connectivity index (χ4v) is 1.45. The van der Waals surface area contributed by atoms with Gasteiger partial charge in [-0.1, -0.05) is 6.07 Å². The molecule has 0 saturated carbocycles. The maximum Gasteiger partial charge on any atom is 0.0693 e. The van der Waals surface area contributed by atoms with E-state index in [-0.39, 0.29) is 12.1 Å². The van der Waals surface area contributed by atoms with E-state index in [9.17, 15) is 0 Å². The van der Waals surface area contributed by atoms with Crippen LogP contribution in [-0.4, -0.2) is 24.2 Å². The Morgan fingerprint density at radius 3 is 2.53 bits per heavy atom. The summed E-state index contributed by atoms with van der Waals surface area (Å²) in [4.78, 5) is 4.31. The average molecular weight is 208 g/mol. The van der Waals surface area contributed by atoms with Gasteiger partial charge >= 0.3 is 0 Å². The van der Waals surface area contributed by atoms with Crippen molar-refractivity contribution in [2.24, 2.45) is 0 Å². The molecule has 0 aliphatic heterocycles. The van der Waals surface area contributed by atoms with Crippen molar-refractivity contribution in [3.63, 3.8) is 0 Å². The molecule has 1 aromatic rings. The smallest absolute Gasteiger partial charge is 0.0693 e. The Morgan fingerprint density at radius 2 is 2.00 bits per heavy atom. The van der Waals surface area contributed by atoms with Gasteiger partial charge in [-0.05, 0) is 32.9 Å². The highest BCUT2D eigenvalue weighted by atomic mass is 16.5. The second-order valence-corrected chi connectivity index (χ2v) is 3.87. The van der Waals surface area contributed by atoms with Gasteiger partial charge in [0, 0.05) is 25.4 Å². The molecule has 0 aromatic carbocycles. The normalized spacial score (nSPS) is 17.1. The van der Waals surface area contributed by atoms with Gasteiger partial charge in [-0.15, -0.1) is 0 Å². The van der Waals surface area contributed by atoms with E-state index >= 15 is 0 Å². The summed E-state index contributed by atoms with van der Waals surface area (Å²) in [7, 11) is 1.73. The van der Waals surface area contributed by atoms with Crippen molar-refractivity contribution in [3.05, 3.63) is 30.1 Å². The van der Waals surface area contributed by atoms with Crippen molar-refractivity contribution in [1.82, 2.24) is 10.3 Å². The lowest BCUT2D eigenvalue weighted by Gasteiger charge is -2.23. The number of methoxy groups -OCH3 is 1. The third kappa shape index (κ3) is 3.61. The van der Waals surface area contributed by atoms with E-state index in [1.54, 1.807) is 7.11 Å². The fourth-order valence-electron chi connectivity index (χ4n) is 1.45. The first-order valence-corrected chi connectivity index (χ1v) is 5.35. The molecule has 3 nitrogen and oxygen atoms in total. The lowest BCUT2D eigenvalue weighted by molar-refractivity contribution is 0.0850. The van der Waals surface area contributed by atoms with E-state index in [0.29, 0.717) is 6.04 Å². The van der Waals surface area contributed by atoms with Crippen LogP contribution in [0, 0.1) is 0 Å². The molecule has 15 heavy (non-hydrogen) atoms. The minimum atomic E-state index is 0.205. The lowest BCUT2D eigenvalue weighted by atomic mass is 10.1. The number of pyridine rings is 1. The predicted octanol–water partition coefficient (Wildman–Crippen LogP) is 2.16. The first-order chi connectivity index (χ1) is 7.15. The van der Waals surface area contributed by atoms with Crippen LogP contribution in [0.1, 0.15) is 32.5 Å². The molecule has 0 aliphatic rings. The van der Waals surface area contributed by atoms with Crippen molar-refractivity contribution in [3.8, 4) is 0 Å². The standard InChI is InChI=1S/C12H20N2O/c1-9(11(3)15-4)14-10(2)12-7-5-6-8-13-12/h5-11,14H,1-4H3/t9?,10-,11?/m0/s1. The Labute approximate surface area is 91.9 Å². The van der Waals surface area contributed by atoms with Gasteiger partial charge in [-0.2, -0.15) is 0 Å². The quantitative estimate of drug-likeness (QED) is 0.805. The van der Waals surface area contributed by atoms with Crippen molar-refractivity contribution >= 4 is 0 Å². The minimum absolute atomic E-state index is 0.205. The molecule has 0 spiro atoms. The van der Waals surface area contributed by atoms with Gasteiger partial charge in [0.05, 0.1) is 11.8 Å². The summed E-state index contributed by atoms with van der Waals surface area (Å²) >= 11 is 0. The molecule has 0 fully saturated rings. The SMILES string of the molecule is COC(C)C(C)N[C@@H](C)c1ccccn1. The zero-order chi connectivity index (χ0) is 11.3. The number of aromatic nitrogens is 1. The van der Waals surface area contributed by atoms with Crippen LogP contribution in [0.5, 0.6) is 0 Å². The van der Waals surface area contributed by atoms with Crippen LogP contribution in [0.25, 0.3) is 0 Å². The highest BCUT2D eigenvalue weighted by Gasteiger charge is 2.15. The molecule has 3 heteroatoms. The number of hydrogen-bond acceptors (Lipinski definition) is 3. The Kier molecular flexibility index (Phi) is 4.72. The summed E-state index contributed by atoms with van der Waals surface area (Å²) in [6, 6.07) is 6.52. The van der Waals surface area contributed by atoms with Gasteiger partial charge in [0.2, 0.25) is 0 Å². The number of rotatable bonds is 5. The Balaban J connectivity index is 2.52. The molecule has 1 heterocycles. The molecule has 0 saturated heterocycles. The molecule has 3 atom stereocenters. The summed E-state index contributed by atoms with van der Waals surface area (Å²) in [5, 5.41) is 3.46. The van der Waals surface area contributed by atoms with Crippen LogP contribution in [0.2, 0.25) is 0 Å².